The number of amides is 2. The van der Waals surface area contributed by atoms with Crippen molar-refractivity contribution in [1.29, 1.82) is 0 Å². The van der Waals surface area contributed by atoms with Crippen molar-refractivity contribution in [3.05, 3.63) is 111 Å². The quantitative estimate of drug-likeness (QED) is 0.343. The molecule has 2 atom stereocenters. The molecule has 0 spiro atoms. The molecule has 6 nitrogen and oxygen atoms in total. The molecule has 1 saturated heterocycles. The molecule has 190 valence electrons. The van der Waals surface area contributed by atoms with Crippen molar-refractivity contribution in [2.75, 3.05) is 6.54 Å². The van der Waals surface area contributed by atoms with Gasteiger partial charge in [0.15, 0.2) is 6.23 Å². The van der Waals surface area contributed by atoms with Crippen LogP contribution in [0.1, 0.15) is 24.3 Å². The molecular formula is C30H23BrFN3O3. The number of nitrogens with zero attached hydrogens (tertiary/aromatic N) is 3. The Bertz CT molecular complexity index is 1680. The van der Waals surface area contributed by atoms with Crippen molar-refractivity contribution in [1.82, 2.24) is 9.47 Å². The van der Waals surface area contributed by atoms with Gasteiger partial charge in [0.2, 0.25) is 0 Å². The molecule has 2 aliphatic heterocycles. The van der Waals surface area contributed by atoms with Gasteiger partial charge in [-0.3, -0.25) is 9.59 Å². The average Bonchev–Trinajstić information content (AvgIpc) is 3.58. The summed E-state index contributed by atoms with van der Waals surface area (Å²) in [6.07, 6.45) is 4.87. The summed E-state index contributed by atoms with van der Waals surface area (Å²) in [6, 6.07) is 19.9. The van der Waals surface area contributed by atoms with E-state index in [9.17, 15) is 14.0 Å². The first-order valence-electron chi connectivity index (χ1n) is 12.3. The van der Waals surface area contributed by atoms with E-state index in [1.165, 1.54) is 18.2 Å². The predicted molar refractivity (Wildman–Crippen MR) is 144 cm³/mol. The first-order chi connectivity index (χ1) is 18.4. The fourth-order valence-corrected chi connectivity index (χ4v) is 5.22. The molecule has 6 rings (SSSR count). The number of hydrogen-bond donors (Lipinski definition) is 0. The van der Waals surface area contributed by atoms with Gasteiger partial charge < -0.3 is 14.2 Å². The van der Waals surface area contributed by atoms with Gasteiger partial charge in [-0.05, 0) is 73.0 Å². The summed E-state index contributed by atoms with van der Waals surface area (Å²) in [5, 5.41) is 1.47. The van der Waals surface area contributed by atoms with Gasteiger partial charge >= 0.3 is 0 Å². The molecule has 0 N–H and O–H groups in total. The number of fused-ring (bicyclic) bond motifs is 1. The molecule has 8 heteroatoms. The number of carbonyl (C=O) groups excluding carboxylic acids is 2. The van der Waals surface area contributed by atoms with E-state index in [0.29, 0.717) is 18.3 Å². The molecule has 1 aromatic heterocycles. The standard InChI is InChI=1S/C30H23BrFN3O3/c1-18-29(37)35(13-12-19-2-11-27-21(14-19)15-28(36)33-27)30(38-18)26-17-34(24-9-5-22(31)6-10-24)16-25(26)20-3-7-23(32)8-4-20/h2-11,14-18,30H,12-13H2,1H3/t18-,30+/m1/s1. The van der Waals surface area contributed by atoms with E-state index in [0.717, 1.165) is 37.6 Å². The molecule has 2 amide bonds. The third kappa shape index (κ3) is 4.61. The maximum absolute atomic E-state index is 13.7. The minimum atomic E-state index is -0.605. The number of ether oxygens (including phenoxy) is 1. The second-order valence-electron chi connectivity index (χ2n) is 9.42. The highest BCUT2D eigenvalue weighted by Gasteiger charge is 2.40. The van der Waals surface area contributed by atoms with E-state index in [1.807, 2.05) is 59.4 Å². The predicted octanol–water partition coefficient (Wildman–Crippen LogP) is 4.47. The number of rotatable bonds is 6. The monoisotopic (exact) mass is 571 g/mol. The van der Waals surface area contributed by atoms with Crippen LogP contribution in [0.4, 0.5) is 4.39 Å². The van der Waals surface area contributed by atoms with Gasteiger partial charge in [0.05, 0.1) is 5.36 Å². The molecule has 2 aliphatic rings. The molecule has 1 fully saturated rings. The zero-order valence-electron chi connectivity index (χ0n) is 20.5. The molecule has 0 radical (unpaired) electrons. The molecule has 0 bridgehead atoms. The Morgan fingerprint density at radius 1 is 1.00 bits per heavy atom. The summed E-state index contributed by atoms with van der Waals surface area (Å²) in [5.41, 5.74) is 4.46. The van der Waals surface area contributed by atoms with E-state index < -0.39 is 12.3 Å². The minimum Gasteiger partial charge on any atom is -0.341 e. The third-order valence-corrected chi connectivity index (χ3v) is 7.42. The summed E-state index contributed by atoms with van der Waals surface area (Å²) < 4.78 is 22.9. The van der Waals surface area contributed by atoms with E-state index in [1.54, 1.807) is 24.0 Å². The molecular weight excluding hydrogens is 549 g/mol. The maximum Gasteiger partial charge on any atom is 0.270 e. The Labute approximate surface area is 226 Å². The fraction of sp³-hybridized carbons (Fsp3) is 0.167. The van der Waals surface area contributed by atoms with Gasteiger partial charge in [0, 0.05) is 51.5 Å². The van der Waals surface area contributed by atoms with Crippen LogP contribution in [0.2, 0.25) is 0 Å². The lowest BCUT2D eigenvalue weighted by molar-refractivity contribution is -0.130. The van der Waals surface area contributed by atoms with Crippen LogP contribution in [-0.2, 0) is 20.7 Å². The van der Waals surface area contributed by atoms with E-state index in [2.05, 4.69) is 20.9 Å². The number of halogens is 2. The Balaban J connectivity index is 1.36. The summed E-state index contributed by atoms with van der Waals surface area (Å²) in [5.74, 6) is -0.654. The SMILES string of the molecule is C[C@H]1O[C@@H](c2cn(-c3ccc(Br)cc3)cc2-c2ccc(F)cc2)N(CCc2ccc3c(c2)=CC(=O)N=3)C1=O. The van der Waals surface area contributed by atoms with Gasteiger partial charge in [-0.2, -0.15) is 0 Å². The highest BCUT2D eigenvalue weighted by molar-refractivity contribution is 9.10. The van der Waals surface area contributed by atoms with E-state index in [-0.39, 0.29) is 17.6 Å². The van der Waals surface area contributed by atoms with Crippen molar-refractivity contribution in [3.63, 3.8) is 0 Å². The maximum atomic E-state index is 13.7. The second-order valence-corrected chi connectivity index (χ2v) is 10.3. The highest BCUT2D eigenvalue weighted by Crippen LogP contribution is 2.38. The third-order valence-electron chi connectivity index (χ3n) is 6.89. The molecule has 4 aromatic rings. The van der Waals surface area contributed by atoms with Crippen LogP contribution in [0, 0.1) is 5.82 Å². The fourth-order valence-electron chi connectivity index (χ4n) is 4.95. The minimum absolute atomic E-state index is 0.0886. The van der Waals surface area contributed by atoms with Crippen LogP contribution in [-0.4, -0.2) is 33.9 Å². The second kappa shape index (κ2) is 9.78. The zero-order valence-corrected chi connectivity index (χ0v) is 22.1. The topological polar surface area (TPSA) is 63.9 Å². The van der Waals surface area contributed by atoms with Crippen LogP contribution >= 0.6 is 15.9 Å². The van der Waals surface area contributed by atoms with Crippen molar-refractivity contribution in [2.24, 2.45) is 4.99 Å². The van der Waals surface area contributed by atoms with Crippen molar-refractivity contribution >= 4 is 33.8 Å². The Hall–Kier alpha value is -3.88. The summed E-state index contributed by atoms with van der Waals surface area (Å²) in [7, 11) is 0. The van der Waals surface area contributed by atoms with Crippen LogP contribution in [0.3, 0.4) is 0 Å². The molecule has 0 saturated carbocycles. The van der Waals surface area contributed by atoms with Crippen molar-refractivity contribution in [3.8, 4) is 16.8 Å². The normalized spacial score (nSPS) is 18.4. The molecule has 0 aliphatic carbocycles. The van der Waals surface area contributed by atoms with Crippen LogP contribution < -0.4 is 10.6 Å². The highest BCUT2D eigenvalue weighted by atomic mass is 79.9. The van der Waals surface area contributed by atoms with Crippen LogP contribution in [0.5, 0.6) is 0 Å². The van der Waals surface area contributed by atoms with Crippen LogP contribution in [0.15, 0.2) is 88.6 Å². The lowest BCUT2D eigenvalue weighted by atomic mass is 10.0. The zero-order chi connectivity index (χ0) is 26.4. The van der Waals surface area contributed by atoms with Gasteiger partial charge in [-0.1, -0.05) is 34.1 Å². The summed E-state index contributed by atoms with van der Waals surface area (Å²) in [4.78, 5) is 30.6. The Morgan fingerprint density at radius 2 is 1.76 bits per heavy atom. The van der Waals surface area contributed by atoms with Gasteiger partial charge in [-0.25, -0.2) is 9.38 Å². The number of hydrogen-bond acceptors (Lipinski definition) is 3. The molecule has 38 heavy (non-hydrogen) atoms. The van der Waals surface area contributed by atoms with Gasteiger partial charge in [0.1, 0.15) is 11.9 Å². The van der Waals surface area contributed by atoms with E-state index in [4.69, 9.17) is 4.74 Å². The van der Waals surface area contributed by atoms with Crippen molar-refractivity contribution in [2.45, 2.75) is 25.7 Å². The Kier molecular flexibility index (Phi) is 6.29. The average molecular weight is 572 g/mol. The molecule has 3 aromatic carbocycles. The number of aromatic nitrogens is 1. The lowest BCUT2D eigenvalue weighted by Gasteiger charge is -2.24. The summed E-state index contributed by atoms with van der Waals surface area (Å²) >= 11 is 3.48. The molecule has 0 unspecified atom stereocenters. The molecule has 3 heterocycles. The van der Waals surface area contributed by atoms with Gasteiger partial charge in [0.25, 0.3) is 11.8 Å². The van der Waals surface area contributed by atoms with Crippen molar-refractivity contribution < 1.29 is 18.7 Å². The first kappa shape index (κ1) is 24.5. The van der Waals surface area contributed by atoms with E-state index >= 15 is 0 Å². The summed E-state index contributed by atoms with van der Waals surface area (Å²) in [6.45, 7) is 2.19. The smallest absolute Gasteiger partial charge is 0.270 e. The lowest BCUT2D eigenvalue weighted by Crippen LogP contribution is -2.32. The largest absolute Gasteiger partial charge is 0.341 e. The van der Waals surface area contributed by atoms with Gasteiger partial charge in [-0.15, -0.1) is 0 Å². The Morgan fingerprint density at radius 3 is 2.53 bits per heavy atom. The number of benzene rings is 3. The number of carbonyl (C=O) groups is 2. The first-order valence-corrected chi connectivity index (χ1v) is 13.1. The van der Waals surface area contributed by atoms with Crippen LogP contribution in [0.25, 0.3) is 22.9 Å².